The fraction of sp³-hybridized carbons (Fsp3) is 0.571. The maximum Gasteiger partial charge on any atom is 0.0947 e. The number of aliphatic hydroxyl groups excluding tert-OH is 1. The Kier molecular flexibility index (Phi) is 6.72. The Labute approximate surface area is 110 Å². The topological polar surface area (TPSA) is 44.7 Å². The van der Waals surface area contributed by atoms with Gasteiger partial charge in [0.15, 0.2) is 0 Å². The number of nitrogens with zero attached hydrogens (tertiary/aromatic N) is 1. The molecule has 0 heterocycles. The molecule has 18 heavy (non-hydrogen) atoms. The molecule has 0 bridgehead atoms. The van der Waals surface area contributed by atoms with Crippen LogP contribution >= 0.6 is 0 Å². The highest BCUT2D eigenvalue weighted by atomic mass is 16.5. The van der Waals surface area contributed by atoms with Crippen molar-refractivity contribution in [3.63, 3.8) is 0 Å². The van der Waals surface area contributed by atoms with Crippen LogP contribution in [-0.2, 0) is 11.3 Å². The molecule has 4 nitrogen and oxygen atoms in total. The standard InChI is InChI=1S/C14H24N2O2/c1-4-15-9-12-7-5-6-8-14(12)16(2)10-13(17)11-18-3/h5-8,13,15,17H,4,9-11H2,1-3H3. The first kappa shape index (κ1) is 15.0. The van der Waals surface area contributed by atoms with Crippen molar-refractivity contribution in [1.82, 2.24) is 5.32 Å². The number of anilines is 1. The van der Waals surface area contributed by atoms with Crippen molar-refractivity contribution in [2.75, 3.05) is 38.8 Å². The molecule has 0 amide bonds. The summed E-state index contributed by atoms with van der Waals surface area (Å²) in [6, 6.07) is 8.24. The van der Waals surface area contributed by atoms with Crippen LogP contribution in [-0.4, -0.2) is 45.1 Å². The van der Waals surface area contributed by atoms with Crippen LogP contribution in [0, 0.1) is 0 Å². The first-order valence-electron chi connectivity index (χ1n) is 6.35. The average molecular weight is 252 g/mol. The van der Waals surface area contributed by atoms with E-state index < -0.39 is 6.10 Å². The van der Waals surface area contributed by atoms with Crippen LogP contribution in [0.5, 0.6) is 0 Å². The molecular formula is C14H24N2O2. The van der Waals surface area contributed by atoms with E-state index in [0.29, 0.717) is 13.2 Å². The summed E-state index contributed by atoms with van der Waals surface area (Å²) in [4.78, 5) is 2.07. The van der Waals surface area contributed by atoms with E-state index in [2.05, 4.69) is 29.3 Å². The monoisotopic (exact) mass is 252 g/mol. The van der Waals surface area contributed by atoms with Gasteiger partial charge in [-0.1, -0.05) is 25.1 Å². The van der Waals surface area contributed by atoms with Crippen molar-refractivity contribution in [1.29, 1.82) is 0 Å². The normalized spacial score (nSPS) is 12.4. The summed E-state index contributed by atoms with van der Waals surface area (Å²) >= 11 is 0. The highest BCUT2D eigenvalue weighted by molar-refractivity contribution is 5.53. The van der Waals surface area contributed by atoms with Crippen LogP contribution in [0.4, 0.5) is 5.69 Å². The van der Waals surface area contributed by atoms with Crippen molar-refractivity contribution in [2.45, 2.75) is 19.6 Å². The van der Waals surface area contributed by atoms with E-state index in [1.165, 1.54) is 5.56 Å². The number of hydrogen-bond donors (Lipinski definition) is 2. The molecule has 0 aliphatic carbocycles. The van der Waals surface area contributed by atoms with E-state index in [1.54, 1.807) is 7.11 Å². The summed E-state index contributed by atoms with van der Waals surface area (Å²) in [6.45, 7) is 4.81. The van der Waals surface area contributed by atoms with Gasteiger partial charge < -0.3 is 20.1 Å². The Morgan fingerprint density at radius 1 is 1.39 bits per heavy atom. The van der Waals surface area contributed by atoms with Gasteiger partial charge in [0.05, 0.1) is 12.7 Å². The summed E-state index contributed by atoms with van der Waals surface area (Å²) in [5.74, 6) is 0. The van der Waals surface area contributed by atoms with Gasteiger partial charge in [-0.2, -0.15) is 0 Å². The van der Waals surface area contributed by atoms with Gasteiger partial charge in [-0.15, -0.1) is 0 Å². The molecular weight excluding hydrogens is 228 g/mol. The number of rotatable bonds is 8. The zero-order chi connectivity index (χ0) is 13.4. The van der Waals surface area contributed by atoms with Gasteiger partial charge in [-0.3, -0.25) is 0 Å². The van der Waals surface area contributed by atoms with Gasteiger partial charge in [-0.25, -0.2) is 0 Å². The quantitative estimate of drug-likeness (QED) is 0.730. The Hall–Kier alpha value is -1.10. The van der Waals surface area contributed by atoms with Gasteiger partial charge in [-0.05, 0) is 18.2 Å². The smallest absolute Gasteiger partial charge is 0.0947 e. The molecule has 1 aromatic carbocycles. The number of methoxy groups -OCH3 is 1. The first-order valence-corrected chi connectivity index (χ1v) is 6.35. The number of nitrogens with one attached hydrogen (secondary N) is 1. The zero-order valence-corrected chi connectivity index (χ0v) is 11.5. The first-order chi connectivity index (χ1) is 8.69. The van der Waals surface area contributed by atoms with Crippen molar-refractivity contribution >= 4 is 5.69 Å². The fourth-order valence-corrected chi connectivity index (χ4v) is 1.95. The van der Waals surface area contributed by atoms with Crippen LogP contribution in [0.1, 0.15) is 12.5 Å². The number of hydrogen-bond acceptors (Lipinski definition) is 4. The molecule has 0 saturated heterocycles. The Morgan fingerprint density at radius 2 is 2.11 bits per heavy atom. The molecule has 0 aromatic heterocycles. The van der Waals surface area contributed by atoms with Crippen molar-refractivity contribution in [3.8, 4) is 0 Å². The van der Waals surface area contributed by atoms with Crippen molar-refractivity contribution < 1.29 is 9.84 Å². The second-order valence-electron chi connectivity index (χ2n) is 4.40. The lowest BCUT2D eigenvalue weighted by Crippen LogP contribution is -2.32. The minimum Gasteiger partial charge on any atom is -0.389 e. The molecule has 1 aromatic rings. The molecule has 2 N–H and O–H groups in total. The third-order valence-electron chi connectivity index (χ3n) is 2.81. The SMILES string of the molecule is CCNCc1ccccc1N(C)CC(O)COC. The van der Waals surface area contributed by atoms with Crippen LogP contribution in [0.25, 0.3) is 0 Å². The Bertz CT molecular complexity index is 344. The van der Waals surface area contributed by atoms with E-state index >= 15 is 0 Å². The van der Waals surface area contributed by atoms with Crippen LogP contribution in [0.2, 0.25) is 0 Å². The van der Waals surface area contributed by atoms with E-state index in [1.807, 2.05) is 19.2 Å². The molecule has 1 atom stereocenters. The minimum absolute atomic E-state index is 0.361. The maximum absolute atomic E-state index is 9.77. The molecule has 4 heteroatoms. The van der Waals surface area contributed by atoms with Crippen molar-refractivity contribution in [2.24, 2.45) is 0 Å². The third kappa shape index (κ3) is 4.64. The second-order valence-corrected chi connectivity index (χ2v) is 4.40. The largest absolute Gasteiger partial charge is 0.389 e. The molecule has 1 rings (SSSR count). The van der Waals surface area contributed by atoms with E-state index in [4.69, 9.17) is 4.74 Å². The lowest BCUT2D eigenvalue weighted by Gasteiger charge is -2.25. The number of para-hydroxylation sites is 1. The lowest BCUT2D eigenvalue weighted by molar-refractivity contribution is 0.0695. The van der Waals surface area contributed by atoms with E-state index in [0.717, 1.165) is 18.8 Å². The van der Waals surface area contributed by atoms with Crippen LogP contribution in [0.3, 0.4) is 0 Å². The number of ether oxygens (including phenoxy) is 1. The van der Waals surface area contributed by atoms with Crippen LogP contribution < -0.4 is 10.2 Å². The molecule has 0 saturated carbocycles. The highest BCUT2D eigenvalue weighted by Gasteiger charge is 2.11. The Balaban J connectivity index is 2.68. The summed E-state index contributed by atoms with van der Waals surface area (Å²) in [7, 11) is 3.59. The van der Waals surface area contributed by atoms with Crippen molar-refractivity contribution in [3.05, 3.63) is 29.8 Å². The van der Waals surface area contributed by atoms with Gasteiger partial charge in [0, 0.05) is 32.9 Å². The number of aliphatic hydroxyl groups is 1. The zero-order valence-electron chi connectivity index (χ0n) is 11.5. The highest BCUT2D eigenvalue weighted by Crippen LogP contribution is 2.19. The lowest BCUT2D eigenvalue weighted by atomic mass is 10.1. The predicted octanol–water partition coefficient (Wildman–Crippen LogP) is 1.24. The fourth-order valence-electron chi connectivity index (χ4n) is 1.95. The average Bonchev–Trinajstić information content (AvgIpc) is 2.36. The molecule has 0 aliphatic rings. The molecule has 0 spiro atoms. The predicted molar refractivity (Wildman–Crippen MR) is 75.0 cm³/mol. The summed E-state index contributed by atoms with van der Waals surface area (Å²) in [5, 5.41) is 13.1. The number of likely N-dealkylation sites (N-methyl/N-ethyl adjacent to an activating group) is 1. The molecule has 0 aliphatic heterocycles. The molecule has 1 unspecified atom stereocenters. The molecule has 102 valence electrons. The summed E-state index contributed by atoms with van der Waals surface area (Å²) in [5.41, 5.74) is 2.39. The second kappa shape index (κ2) is 8.08. The van der Waals surface area contributed by atoms with E-state index in [-0.39, 0.29) is 0 Å². The van der Waals surface area contributed by atoms with Gasteiger partial charge in [0.2, 0.25) is 0 Å². The van der Waals surface area contributed by atoms with Gasteiger partial charge in [0.1, 0.15) is 0 Å². The summed E-state index contributed by atoms with van der Waals surface area (Å²) in [6.07, 6.45) is -0.466. The number of benzene rings is 1. The third-order valence-corrected chi connectivity index (χ3v) is 2.81. The minimum atomic E-state index is -0.466. The van der Waals surface area contributed by atoms with Gasteiger partial charge >= 0.3 is 0 Å². The van der Waals surface area contributed by atoms with E-state index in [9.17, 15) is 5.11 Å². The molecule has 0 fully saturated rings. The van der Waals surface area contributed by atoms with Gasteiger partial charge in [0.25, 0.3) is 0 Å². The molecule has 0 radical (unpaired) electrons. The summed E-state index contributed by atoms with van der Waals surface area (Å²) < 4.78 is 4.95. The maximum atomic E-state index is 9.77. The van der Waals surface area contributed by atoms with Crippen LogP contribution in [0.15, 0.2) is 24.3 Å². The Morgan fingerprint density at radius 3 is 2.78 bits per heavy atom.